The highest BCUT2D eigenvalue weighted by Gasteiger charge is 2.38. The smallest absolute Gasteiger partial charge is 0.418 e. The minimum absolute atomic E-state index is 0.147. The summed E-state index contributed by atoms with van der Waals surface area (Å²) < 4.78 is 48.1. The Morgan fingerprint density at radius 2 is 1.86 bits per heavy atom. The number of aliphatic imine (C=N–C) groups is 1. The fraction of sp³-hybridized carbons (Fsp3) is 0.308. The van der Waals surface area contributed by atoms with Gasteiger partial charge in [0.05, 0.1) is 28.1 Å². The van der Waals surface area contributed by atoms with Gasteiger partial charge in [-0.2, -0.15) is 13.2 Å². The van der Waals surface area contributed by atoms with E-state index in [1.807, 2.05) is 30.3 Å². The second-order valence-corrected chi connectivity index (χ2v) is 10.4. The van der Waals surface area contributed by atoms with Crippen LogP contribution >= 0.6 is 11.8 Å². The standard InChI is InChI=1S/C26H25F3N2O3S/c1-25(2,3)18-11-17(26(27,28)29)20(12-21(18)34-14-15-7-5-4-6-8-15)31-24(33)16-13-30-19-9-10-35-23(19)22(16)32/h4-13,19,23,32H,14H2,1-3H3,(H,31,33). The summed E-state index contributed by atoms with van der Waals surface area (Å²) in [4.78, 5) is 17.2. The maximum absolute atomic E-state index is 14.1. The monoisotopic (exact) mass is 502 g/mol. The van der Waals surface area contributed by atoms with E-state index in [0.717, 1.165) is 11.6 Å². The topological polar surface area (TPSA) is 70.9 Å². The number of thioether (sulfide) groups is 1. The molecule has 2 heterocycles. The Hall–Kier alpha value is -3.20. The molecule has 0 saturated heterocycles. The Balaban J connectivity index is 1.71. The van der Waals surface area contributed by atoms with Gasteiger partial charge in [0, 0.05) is 17.8 Å². The predicted octanol–water partition coefficient (Wildman–Crippen LogP) is 6.41. The summed E-state index contributed by atoms with van der Waals surface area (Å²) in [5.74, 6) is -0.853. The van der Waals surface area contributed by atoms with Crippen LogP contribution in [0.25, 0.3) is 0 Å². The van der Waals surface area contributed by atoms with Crippen molar-refractivity contribution in [3.63, 3.8) is 0 Å². The number of benzene rings is 2. The molecule has 9 heteroatoms. The van der Waals surface area contributed by atoms with Gasteiger partial charge in [-0.3, -0.25) is 9.79 Å². The zero-order valence-corrected chi connectivity index (χ0v) is 20.2. The highest BCUT2D eigenvalue weighted by Crippen LogP contribution is 2.43. The van der Waals surface area contributed by atoms with E-state index in [0.29, 0.717) is 5.56 Å². The number of carbonyl (C=O) groups excluding carboxylic acids is 1. The minimum atomic E-state index is -4.73. The Morgan fingerprint density at radius 3 is 2.51 bits per heavy atom. The lowest BCUT2D eigenvalue weighted by Gasteiger charge is -2.26. The average Bonchev–Trinajstić information content (AvgIpc) is 3.27. The van der Waals surface area contributed by atoms with E-state index in [9.17, 15) is 23.1 Å². The molecule has 2 unspecified atom stereocenters. The first-order valence-electron chi connectivity index (χ1n) is 11.0. The van der Waals surface area contributed by atoms with Gasteiger partial charge in [0.25, 0.3) is 5.91 Å². The van der Waals surface area contributed by atoms with Crippen molar-refractivity contribution >= 4 is 29.6 Å². The average molecular weight is 503 g/mol. The van der Waals surface area contributed by atoms with E-state index in [1.54, 1.807) is 32.3 Å². The fourth-order valence-electron chi connectivity index (χ4n) is 3.85. The molecule has 0 radical (unpaired) electrons. The summed E-state index contributed by atoms with van der Waals surface area (Å²) in [5, 5.41) is 14.2. The second-order valence-electron chi connectivity index (χ2n) is 9.32. The van der Waals surface area contributed by atoms with Gasteiger partial charge in [-0.25, -0.2) is 0 Å². The highest BCUT2D eigenvalue weighted by atomic mass is 32.2. The Labute approximate surface area is 205 Å². The number of anilines is 1. The number of fused-ring (bicyclic) bond motifs is 1. The lowest BCUT2D eigenvalue weighted by atomic mass is 9.84. The van der Waals surface area contributed by atoms with Crippen molar-refractivity contribution in [1.82, 2.24) is 0 Å². The number of hydrogen-bond donors (Lipinski definition) is 2. The van der Waals surface area contributed by atoms with E-state index < -0.39 is 34.0 Å². The molecule has 2 N–H and O–H groups in total. The molecule has 2 atom stereocenters. The molecule has 1 amide bonds. The zero-order valence-electron chi connectivity index (χ0n) is 19.4. The molecular formula is C26H25F3N2O3S. The van der Waals surface area contributed by atoms with Gasteiger partial charge in [-0.05, 0) is 22.5 Å². The van der Waals surface area contributed by atoms with Gasteiger partial charge in [0.2, 0.25) is 0 Å². The van der Waals surface area contributed by atoms with Crippen LogP contribution < -0.4 is 10.1 Å². The number of aliphatic hydroxyl groups excluding tert-OH is 1. The van der Waals surface area contributed by atoms with Gasteiger partial charge in [0.1, 0.15) is 18.1 Å². The fourth-order valence-corrected chi connectivity index (χ4v) is 4.85. The number of nitrogens with zero attached hydrogens (tertiary/aromatic N) is 1. The van der Waals surface area contributed by atoms with Crippen molar-refractivity contribution in [3.8, 4) is 5.75 Å². The number of ether oxygens (including phenoxy) is 1. The second kappa shape index (κ2) is 9.45. The normalized spacial score (nSPS) is 19.6. The summed E-state index contributed by atoms with van der Waals surface area (Å²) in [7, 11) is 0. The number of rotatable bonds is 5. The summed E-state index contributed by atoms with van der Waals surface area (Å²) in [6, 6.07) is 11.2. The molecule has 35 heavy (non-hydrogen) atoms. The van der Waals surface area contributed by atoms with Crippen molar-refractivity contribution in [1.29, 1.82) is 0 Å². The van der Waals surface area contributed by atoms with Crippen LogP contribution in [-0.2, 0) is 23.0 Å². The molecule has 0 saturated carbocycles. The van der Waals surface area contributed by atoms with Crippen molar-refractivity contribution in [2.24, 2.45) is 4.99 Å². The summed E-state index contributed by atoms with van der Waals surface area (Å²) in [5.41, 5.74) is -1.06. The molecule has 2 aromatic carbocycles. The molecule has 0 fully saturated rings. The Bertz CT molecular complexity index is 1210. The van der Waals surface area contributed by atoms with Crippen molar-refractivity contribution in [3.05, 3.63) is 82.0 Å². The zero-order chi connectivity index (χ0) is 25.4. The molecule has 0 spiro atoms. The van der Waals surface area contributed by atoms with Crippen LogP contribution in [0.3, 0.4) is 0 Å². The molecule has 2 aliphatic rings. The first-order valence-corrected chi connectivity index (χ1v) is 11.9. The minimum Gasteiger partial charge on any atom is -0.510 e. The number of halogens is 3. The third-order valence-electron chi connectivity index (χ3n) is 5.70. The Kier molecular flexibility index (Phi) is 6.73. The van der Waals surface area contributed by atoms with E-state index in [2.05, 4.69) is 10.3 Å². The van der Waals surface area contributed by atoms with Crippen LogP contribution in [0.1, 0.15) is 37.5 Å². The van der Waals surface area contributed by atoms with Crippen LogP contribution in [0.4, 0.5) is 18.9 Å². The van der Waals surface area contributed by atoms with Gasteiger partial charge in [-0.1, -0.05) is 57.2 Å². The quantitative estimate of drug-likeness (QED) is 0.495. The maximum atomic E-state index is 14.1. The van der Waals surface area contributed by atoms with Gasteiger partial charge in [0.15, 0.2) is 0 Å². The number of amides is 1. The molecule has 184 valence electrons. The highest BCUT2D eigenvalue weighted by molar-refractivity contribution is 8.03. The molecule has 0 bridgehead atoms. The molecule has 0 aliphatic carbocycles. The van der Waals surface area contributed by atoms with Crippen molar-refractivity contribution < 1.29 is 27.8 Å². The van der Waals surface area contributed by atoms with Crippen LogP contribution in [0.5, 0.6) is 5.75 Å². The largest absolute Gasteiger partial charge is 0.510 e. The number of aliphatic hydroxyl groups is 1. The van der Waals surface area contributed by atoms with E-state index in [-0.39, 0.29) is 29.7 Å². The van der Waals surface area contributed by atoms with Crippen molar-refractivity contribution in [2.45, 2.75) is 50.3 Å². The number of carbonyl (C=O) groups is 1. The molecule has 2 aromatic rings. The van der Waals surface area contributed by atoms with E-state index in [1.165, 1.54) is 24.0 Å². The summed E-state index contributed by atoms with van der Waals surface area (Å²) in [6.45, 7) is 5.53. The number of hydrogen-bond acceptors (Lipinski definition) is 5. The third-order valence-corrected chi connectivity index (χ3v) is 6.81. The number of nitrogens with one attached hydrogen (secondary N) is 1. The van der Waals surface area contributed by atoms with Crippen LogP contribution in [0.2, 0.25) is 0 Å². The van der Waals surface area contributed by atoms with Crippen LogP contribution in [-0.4, -0.2) is 28.5 Å². The summed E-state index contributed by atoms with van der Waals surface area (Å²) >= 11 is 1.30. The Morgan fingerprint density at radius 1 is 1.14 bits per heavy atom. The molecule has 5 nitrogen and oxygen atoms in total. The first kappa shape index (κ1) is 24.9. The van der Waals surface area contributed by atoms with Crippen LogP contribution in [0.15, 0.2) is 70.3 Å². The molecule has 4 rings (SSSR count). The summed E-state index contributed by atoms with van der Waals surface area (Å²) in [6.07, 6.45) is -1.74. The van der Waals surface area contributed by atoms with Gasteiger partial charge < -0.3 is 15.2 Å². The van der Waals surface area contributed by atoms with E-state index in [4.69, 9.17) is 4.74 Å². The first-order chi connectivity index (χ1) is 16.4. The van der Waals surface area contributed by atoms with E-state index >= 15 is 0 Å². The van der Waals surface area contributed by atoms with Crippen LogP contribution in [0, 0.1) is 0 Å². The van der Waals surface area contributed by atoms with Crippen molar-refractivity contribution in [2.75, 3.05) is 5.32 Å². The van der Waals surface area contributed by atoms with Gasteiger partial charge >= 0.3 is 6.18 Å². The SMILES string of the molecule is CC(C)(C)c1cc(C(F)(F)F)c(NC(=O)C2=C(O)C3SC=CC3N=C2)cc1OCc1ccccc1. The molecule has 0 aromatic heterocycles. The lowest BCUT2D eigenvalue weighted by molar-refractivity contribution is -0.137. The predicted molar refractivity (Wildman–Crippen MR) is 132 cm³/mol. The number of alkyl halides is 3. The maximum Gasteiger partial charge on any atom is 0.418 e. The molecular weight excluding hydrogens is 477 g/mol. The number of dihydropyridines is 1. The third kappa shape index (κ3) is 5.40. The van der Waals surface area contributed by atoms with Gasteiger partial charge in [-0.15, -0.1) is 11.8 Å². The molecule has 2 aliphatic heterocycles. The lowest BCUT2D eigenvalue weighted by Crippen LogP contribution is -2.29.